The van der Waals surface area contributed by atoms with E-state index in [-0.39, 0.29) is 25.8 Å². The molecule has 0 spiro atoms. The zero-order valence-corrected chi connectivity index (χ0v) is 39.2. The summed E-state index contributed by atoms with van der Waals surface area (Å²) in [6.07, 6.45) is 48.8. The first-order valence-corrected chi connectivity index (χ1v) is 25.6. The Morgan fingerprint density at radius 2 is 0.930 bits per heavy atom. The Morgan fingerprint density at radius 3 is 1.35 bits per heavy atom. The fraction of sp³-hybridized carbons (Fsp3) is 0.896. The summed E-state index contributed by atoms with van der Waals surface area (Å²) in [6, 6.07) is 0. The largest absolute Gasteiger partial charge is 0.498 e. The average Bonchev–Trinajstić information content (AvgIpc) is 3.16. The molecule has 0 bridgehead atoms. The molecule has 0 aromatic rings. The molecule has 0 aromatic carbocycles. The second-order valence-corrected chi connectivity index (χ2v) is 19.0. The number of unbranched alkanes of at least 4 members (excludes halogenated alkanes) is 29. The molecule has 0 amide bonds. The van der Waals surface area contributed by atoms with E-state index in [0.717, 1.165) is 32.1 Å². The first-order chi connectivity index (χ1) is 27.6. The van der Waals surface area contributed by atoms with Crippen LogP contribution in [0.4, 0.5) is 0 Å². The van der Waals surface area contributed by atoms with Gasteiger partial charge in [0.2, 0.25) is 0 Å². The summed E-state index contributed by atoms with van der Waals surface area (Å²) >= 11 is 0. The van der Waals surface area contributed by atoms with Gasteiger partial charge in [-0.05, 0) is 51.0 Å². The highest BCUT2D eigenvalue weighted by Gasteiger charge is 2.26. The maximum atomic E-state index is 12.7. The van der Waals surface area contributed by atoms with Crippen LogP contribution in [-0.4, -0.2) is 69.0 Å². The molecule has 0 aliphatic carbocycles. The fourth-order valence-corrected chi connectivity index (χ4v) is 7.55. The quantitative estimate of drug-likeness (QED) is 0.0163. The normalized spacial score (nSPS) is 13.8. The number of allylic oxidation sites excluding steroid dienone is 3. The van der Waals surface area contributed by atoms with Gasteiger partial charge in [0.15, 0.2) is 6.10 Å². The molecule has 0 aromatic heterocycles. The number of likely N-dealkylation sites (N-methyl/N-ethyl adjacent to an activating group) is 1. The monoisotopic (exact) mass is 829 g/mol. The minimum atomic E-state index is -4.29. The van der Waals surface area contributed by atoms with Crippen LogP contribution in [0.5, 0.6) is 0 Å². The number of quaternary nitrogens is 1. The Hall–Kier alpha value is -1.18. The lowest BCUT2D eigenvalue weighted by atomic mass is 10.0. The van der Waals surface area contributed by atoms with Crippen molar-refractivity contribution in [1.82, 2.24) is 0 Å². The van der Waals surface area contributed by atoms with E-state index in [1.165, 1.54) is 173 Å². The smallest absolute Gasteiger partial charge is 0.472 e. The molecule has 0 saturated carbocycles. The van der Waals surface area contributed by atoms with Crippen LogP contribution in [-0.2, 0) is 27.9 Å². The van der Waals surface area contributed by atoms with Crippen LogP contribution in [0.3, 0.4) is 0 Å². The number of esters is 1. The van der Waals surface area contributed by atoms with E-state index in [2.05, 4.69) is 26.0 Å². The van der Waals surface area contributed by atoms with Gasteiger partial charge in [-0.3, -0.25) is 13.8 Å². The Kier molecular flexibility index (Phi) is 40.7. The lowest BCUT2D eigenvalue weighted by molar-refractivity contribution is -0.870. The molecule has 1 unspecified atom stereocenters. The zero-order valence-electron chi connectivity index (χ0n) is 38.3. The van der Waals surface area contributed by atoms with Crippen LogP contribution in [0.1, 0.15) is 226 Å². The van der Waals surface area contributed by atoms with Crippen molar-refractivity contribution in [3.8, 4) is 0 Å². The highest BCUT2D eigenvalue weighted by atomic mass is 31.2. The second kappa shape index (κ2) is 41.5. The van der Waals surface area contributed by atoms with E-state index in [0.29, 0.717) is 17.4 Å². The van der Waals surface area contributed by atoms with Gasteiger partial charge < -0.3 is 18.9 Å². The van der Waals surface area contributed by atoms with E-state index in [1.807, 2.05) is 27.2 Å². The molecule has 0 fully saturated rings. The number of hydrogen-bond donors (Lipinski definition) is 1. The van der Waals surface area contributed by atoms with Gasteiger partial charge in [-0.1, -0.05) is 187 Å². The van der Waals surface area contributed by atoms with Crippen molar-refractivity contribution in [2.45, 2.75) is 232 Å². The predicted octanol–water partition coefficient (Wildman–Crippen LogP) is 14.7. The number of ether oxygens (including phenoxy) is 2. The number of hydrogen-bond acceptors (Lipinski definition) is 6. The first kappa shape index (κ1) is 55.8. The van der Waals surface area contributed by atoms with Crippen molar-refractivity contribution in [2.75, 3.05) is 47.5 Å². The van der Waals surface area contributed by atoms with Gasteiger partial charge in [-0.25, -0.2) is 4.57 Å². The van der Waals surface area contributed by atoms with E-state index < -0.39 is 13.9 Å². The summed E-state index contributed by atoms with van der Waals surface area (Å²) in [5.41, 5.74) is 0. The van der Waals surface area contributed by atoms with Crippen molar-refractivity contribution < 1.29 is 37.3 Å². The summed E-state index contributed by atoms with van der Waals surface area (Å²) in [6.45, 7) is 4.95. The summed E-state index contributed by atoms with van der Waals surface area (Å²) < 4.78 is 34.8. The third-order valence-electron chi connectivity index (χ3n) is 10.6. The molecule has 8 nitrogen and oxygen atoms in total. The summed E-state index contributed by atoms with van der Waals surface area (Å²) in [7, 11) is 1.64. The Labute approximate surface area is 353 Å². The molecule has 57 heavy (non-hydrogen) atoms. The van der Waals surface area contributed by atoms with Crippen LogP contribution in [0.25, 0.3) is 0 Å². The molecule has 9 heteroatoms. The Morgan fingerprint density at radius 1 is 0.544 bits per heavy atom. The minimum Gasteiger partial charge on any atom is -0.498 e. The molecule has 0 saturated heterocycles. The van der Waals surface area contributed by atoms with Gasteiger partial charge in [0.1, 0.15) is 19.8 Å². The second-order valence-electron chi connectivity index (χ2n) is 17.6. The maximum absolute atomic E-state index is 12.7. The Bertz CT molecular complexity index is 967. The molecular weight excluding hydrogens is 734 g/mol. The lowest BCUT2D eigenvalue weighted by Gasteiger charge is -2.24. The number of carbonyl (C=O) groups excluding carboxylic acids is 1. The molecule has 0 aliphatic heterocycles. The van der Waals surface area contributed by atoms with Crippen molar-refractivity contribution in [1.29, 1.82) is 0 Å². The molecule has 0 aliphatic rings. The molecule has 0 radical (unpaired) electrons. The van der Waals surface area contributed by atoms with Gasteiger partial charge in [0.05, 0.1) is 34.0 Å². The number of rotatable bonds is 45. The number of phosphoric ester groups is 1. The summed E-state index contributed by atoms with van der Waals surface area (Å²) in [5, 5.41) is 0. The van der Waals surface area contributed by atoms with Gasteiger partial charge in [0.25, 0.3) is 0 Å². The SMILES string of the molecule is CCCCCCCC/C=C\CCCCCCCCCC(=O)O[C@H](CO/C=C\CCCCCCCCCCCCCCCCCC)COP(=O)(O)OCC[N+](C)(C)C. The van der Waals surface area contributed by atoms with Crippen molar-refractivity contribution in [2.24, 2.45) is 0 Å². The van der Waals surface area contributed by atoms with Crippen LogP contribution in [0, 0.1) is 0 Å². The van der Waals surface area contributed by atoms with E-state index in [9.17, 15) is 14.3 Å². The average molecular weight is 829 g/mol. The molecule has 338 valence electrons. The molecule has 2 atom stereocenters. The highest BCUT2D eigenvalue weighted by Crippen LogP contribution is 2.43. The topological polar surface area (TPSA) is 91.3 Å². The van der Waals surface area contributed by atoms with Gasteiger partial charge in [-0.2, -0.15) is 0 Å². The van der Waals surface area contributed by atoms with Crippen molar-refractivity contribution in [3.05, 3.63) is 24.5 Å². The molecule has 1 N–H and O–H groups in total. The number of carbonyl (C=O) groups is 1. The molecular formula is C48H95NO7P+. The van der Waals surface area contributed by atoms with E-state index in [4.69, 9.17) is 18.5 Å². The maximum Gasteiger partial charge on any atom is 0.472 e. The first-order valence-electron chi connectivity index (χ1n) is 24.1. The summed E-state index contributed by atoms with van der Waals surface area (Å²) in [5.74, 6) is -0.337. The zero-order chi connectivity index (χ0) is 42.0. The standard InChI is InChI=1S/C48H94NO7P/c1-6-8-10-12-14-16-18-20-22-24-26-28-30-32-34-36-38-40-43-53-45-47(46-55-57(51,52)54-44-42-49(3,4)5)56-48(50)41-39-37-35-33-31-29-27-25-23-21-19-17-15-13-11-9-7-2/h21,23,40,43,47H,6-20,22,24-39,41-42,44-46H2,1-5H3/p+1/b23-21-,43-40-/t47-/m1/s1. The minimum absolute atomic E-state index is 0.0499. The molecule has 0 rings (SSSR count). The van der Waals surface area contributed by atoms with Crippen LogP contribution in [0.2, 0.25) is 0 Å². The third-order valence-corrected chi connectivity index (χ3v) is 11.6. The van der Waals surface area contributed by atoms with Gasteiger partial charge in [-0.15, -0.1) is 0 Å². The third kappa shape index (κ3) is 45.7. The van der Waals surface area contributed by atoms with E-state index >= 15 is 0 Å². The van der Waals surface area contributed by atoms with Gasteiger partial charge >= 0.3 is 13.8 Å². The van der Waals surface area contributed by atoms with Gasteiger partial charge in [0, 0.05) is 6.42 Å². The van der Waals surface area contributed by atoms with Crippen LogP contribution < -0.4 is 0 Å². The van der Waals surface area contributed by atoms with Crippen molar-refractivity contribution >= 4 is 13.8 Å². The van der Waals surface area contributed by atoms with Crippen LogP contribution >= 0.6 is 7.82 Å². The summed E-state index contributed by atoms with van der Waals surface area (Å²) in [4.78, 5) is 22.9. The molecule has 0 heterocycles. The fourth-order valence-electron chi connectivity index (χ4n) is 6.81. The number of nitrogens with zero attached hydrogens (tertiary/aromatic N) is 1. The Balaban J connectivity index is 4.22. The predicted molar refractivity (Wildman–Crippen MR) is 242 cm³/mol. The van der Waals surface area contributed by atoms with Crippen molar-refractivity contribution in [3.63, 3.8) is 0 Å². The number of phosphoric acid groups is 1. The lowest BCUT2D eigenvalue weighted by Crippen LogP contribution is -2.37. The highest BCUT2D eigenvalue weighted by molar-refractivity contribution is 7.47. The van der Waals surface area contributed by atoms with Crippen LogP contribution in [0.15, 0.2) is 24.5 Å². The van der Waals surface area contributed by atoms with E-state index in [1.54, 1.807) is 6.26 Å².